The summed E-state index contributed by atoms with van der Waals surface area (Å²) in [5, 5.41) is 9.18. The number of fused-ring (bicyclic) bond motifs is 1. The van der Waals surface area contributed by atoms with Gasteiger partial charge in [0.1, 0.15) is 0 Å². The molecule has 0 aromatic rings. The van der Waals surface area contributed by atoms with E-state index in [0.717, 1.165) is 25.7 Å². The van der Waals surface area contributed by atoms with E-state index in [0.29, 0.717) is 13.1 Å². The summed E-state index contributed by atoms with van der Waals surface area (Å²) < 4.78 is 0. The molecule has 1 saturated heterocycles. The molecule has 2 aliphatic rings. The third kappa shape index (κ3) is 1.44. The molecule has 0 unspecified atom stereocenters. The average molecular weight is 198 g/mol. The van der Waals surface area contributed by atoms with Crippen LogP contribution in [0.2, 0.25) is 0 Å². The van der Waals surface area contributed by atoms with Gasteiger partial charge in [-0.05, 0) is 12.8 Å². The summed E-state index contributed by atoms with van der Waals surface area (Å²) in [6.45, 7) is 1.05. The highest BCUT2D eigenvalue weighted by Gasteiger charge is 2.38. The molecule has 1 aliphatic carbocycles. The molecular weight excluding hydrogens is 184 g/mol. The Bertz CT molecular complexity index is 211. The fourth-order valence-corrected chi connectivity index (χ4v) is 2.53. The van der Waals surface area contributed by atoms with Crippen molar-refractivity contribution in [2.75, 3.05) is 13.1 Å². The Morgan fingerprint density at radius 3 is 1.64 bits per heavy atom. The van der Waals surface area contributed by atoms with Crippen molar-refractivity contribution in [2.45, 2.75) is 37.8 Å². The van der Waals surface area contributed by atoms with Gasteiger partial charge in [-0.1, -0.05) is 12.8 Å². The predicted molar refractivity (Wildman–Crippen MR) is 51.0 cm³/mol. The van der Waals surface area contributed by atoms with E-state index in [1.807, 2.05) is 0 Å². The average Bonchev–Trinajstić information content (AvgIpc) is 2.27. The van der Waals surface area contributed by atoms with Crippen LogP contribution in [-0.4, -0.2) is 35.2 Å². The highest BCUT2D eigenvalue weighted by Crippen LogP contribution is 2.30. The zero-order chi connectivity index (χ0) is 9.97. The van der Waals surface area contributed by atoms with Crippen LogP contribution < -0.4 is 0 Å². The lowest BCUT2D eigenvalue weighted by molar-refractivity contribution is -0.00368. The minimum Gasteiger partial charge on any atom is -0.254 e. The van der Waals surface area contributed by atoms with E-state index in [4.69, 9.17) is 0 Å². The predicted octanol–water partition coefficient (Wildman–Crippen LogP) is 1.28. The van der Waals surface area contributed by atoms with Crippen molar-refractivity contribution in [3.63, 3.8) is 0 Å². The van der Waals surface area contributed by atoms with Gasteiger partial charge in [-0.15, -0.1) is 9.81 Å². The molecule has 6 heteroatoms. The molecule has 0 amide bonds. The first-order valence-electron chi connectivity index (χ1n) is 5.06. The summed E-state index contributed by atoms with van der Waals surface area (Å²) in [5.41, 5.74) is 0. The van der Waals surface area contributed by atoms with Crippen molar-refractivity contribution in [3.8, 4) is 0 Å². The Morgan fingerprint density at radius 1 is 0.857 bits per heavy atom. The highest BCUT2D eigenvalue weighted by atomic mass is 16.3. The molecule has 14 heavy (non-hydrogen) atoms. The van der Waals surface area contributed by atoms with Crippen molar-refractivity contribution in [1.29, 1.82) is 0 Å². The third-order valence-electron chi connectivity index (χ3n) is 3.23. The highest BCUT2D eigenvalue weighted by molar-refractivity contribution is 4.91. The van der Waals surface area contributed by atoms with E-state index >= 15 is 0 Å². The molecular formula is C8H14N4O2. The van der Waals surface area contributed by atoms with Crippen LogP contribution in [0.4, 0.5) is 0 Å². The van der Waals surface area contributed by atoms with Crippen LogP contribution in [0.25, 0.3) is 0 Å². The normalized spacial score (nSPS) is 32.3. The molecule has 0 spiro atoms. The lowest BCUT2D eigenvalue weighted by Gasteiger charge is -2.44. The Hall–Kier alpha value is -1.20. The molecule has 2 atom stereocenters. The van der Waals surface area contributed by atoms with E-state index in [2.05, 4.69) is 10.6 Å². The molecule has 0 aromatic heterocycles. The van der Waals surface area contributed by atoms with Gasteiger partial charge in [-0.2, -0.15) is 0 Å². The van der Waals surface area contributed by atoms with Crippen LogP contribution in [-0.2, 0) is 0 Å². The van der Waals surface area contributed by atoms with Crippen LogP contribution in [0.3, 0.4) is 0 Å². The summed E-state index contributed by atoms with van der Waals surface area (Å²) in [5.74, 6) is 0. The molecule has 1 heterocycles. The summed E-state index contributed by atoms with van der Waals surface area (Å²) >= 11 is 0. The lowest BCUT2D eigenvalue weighted by Crippen LogP contribution is -2.56. The third-order valence-corrected chi connectivity index (χ3v) is 3.23. The van der Waals surface area contributed by atoms with Crippen LogP contribution >= 0.6 is 0 Å². The fraction of sp³-hybridized carbons (Fsp3) is 1.00. The fourth-order valence-electron chi connectivity index (χ4n) is 2.53. The van der Waals surface area contributed by atoms with Gasteiger partial charge in [0.25, 0.3) is 0 Å². The number of nitrogens with zero attached hydrogens (tertiary/aromatic N) is 4. The van der Waals surface area contributed by atoms with Gasteiger partial charge in [0.2, 0.25) is 0 Å². The second kappa shape index (κ2) is 3.89. The number of rotatable bonds is 2. The monoisotopic (exact) mass is 198 g/mol. The van der Waals surface area contributed by atoms with Gasteiger partial charge in [0.05, 0.1) is 35.7 Å². The lowest BCUT2D eigenvalue weighted by atomic mass is 9.88. The first-order valence-corrected chi connectivity index (χ1v) is 5.06. The van der Waals surface area contributed by atoms with Gasteiger partial charge in [-0.25, -0.2) is 0 Å². The van der Waals surface area contributed by atoms with E-state index in [-0.39, 0.29) is 12.1 Å². The van der Waals surface area contributed by atoms with Gasteiger partial charge in [0, 0.05) is 0 Å². The van der Waals surface area contributed by atoms with Gasteiger partial charge in [-0.3, -0.25) is 10.0 Å². The standard InChI is InChI=1S/C8H14N4O2/c13-9-11-5-6-12(10-14)8-4-2-1-3-7(8)11/h7-8H,1-6H2/t7-,8+. The molecule has 0 N–H and O–H groups in total. The Labute approximate surface area is 82.1 Å². The van der Waals surface area contributed by atoms with E-state index in [1.54, 1.807) is 10.0 Å². The topological polar surface area (TPSA) is 65.3 Å². The summed E-state index contributed by atoms with van der Waals surface area (Å²) in [4.78, 5) is 21.1. The molecule has 0 radical (unpaired) electrons. The first-order chi connectivity index (χ1) is 6.86. The van der Waals surface area contributed by atoms with Crippen LogP contribution in [0.15, 0.2) is 10.6 Å². The maximum Gasteiger partial charge on any atom is 0.0724 e. The van der Waals surface area contributed by atoms with Crippen LogP contribution in [0.5, 0.6) is 0 Å². The SMILES string of the molecule is O=NN1CCN(N=O)[C@H]2CCCC[C@H]21. The van der Waals surface area contributed by atoms with Gasteiger partial charge < -0.3 is 0 Å². The summed E-state index contributed by atoms with van der Waals surface area (Å²) in [7, 11) is 0. The Kier molecular flexibility index (Phi) is 2.60. The zero-order valence-electron chi connectivity index (χ0n) is 8.00. The largest absolute Gasteiger partial charge is 0.254 e. The second-order valence-corrected chi connectivity index (χ2v) is 3.91. The van der Waals surface area contributed by atoms with Gasteiger partial charge >= 0.3 is 0 Å². The second-order valence-electron chi connectivity index (χ2n) is 3.91. The van der Waals surface area contributed by atoms with Crippen molar-refractivity contribution in [2.24, 2.45) is 10.6 Å². The Morgan fingerprint density at radius 2 is 1.29 bits per heavy atom. The van der Waals surface area contributed by atoms with Crippen LogP contribution in [0.1, 0.15) is 25.7 Å². The number of hydrogen-bond donors (Lipinski definition) is 0. The molecule has 2 rings (SSSR count). The minimum atomic E-state index is 0.104. The van der Waals surface area contributed by atoms with Crippen molar-refractivity contribution in [1.82, 2.24) is 10.0 Å². The summed E-state index contributed by atoms with van der Waals surface area (Å²) in [6, 6.07) is 0.209. The maximum atomic E-state index is 10.6. The molecule has 1 aliphatic heterocycles. The van der Waals surface area contributed by atoms with Gasteiger partial charge in [0.15, 0.2) is 0 Å². The molecule has 6 nitrogen and oxygen atoms in total. The smallest absolute Gasteiger partial charge is 0.0724 e. The minimum absolute atomic E-state index is 0.104. The molecule has 78 valence electrons. The number of hydrogen-bond acceptors (Lipinski definition) is 4. The summed E-state index contributed by atoms with van der Waals surface area (Å²) in [6.07, 6.45) is 4.12. The van der Waals surface area contributed by atoms with Crippen LogP contribution in [0, 0.1) is 9.81 Å². The number of piperazine rings is 1. The van der Waals surface area contributed by atoms with Crippen molar-refractivity contribution >= 4 is 0 Å². The van der Waals surface area contributed by atoms with E-state index < -0.39 is 0 Å². The Balaban J connectivity index is 2.12. The number of nitroso groups, excluding NO2 is 2. The van der Waals surface area contributed by atoms with E-state index in [1.165, 1.54) is 0 Å². The maximum absolute atomic E-state index is 10.6. The molecule has 2 fully saturated rings. The molecule has 0 aromatic carbocycles. The zero-order valence-corrected chi connectivity index (χ0v) is 8.00. The molecule has 1 saturated carbocycles. The quantitative estimate of drug-likeness (QED) is 0.627. The van der Waals surface area contributed by atoms with Crippen molar-refractivity contribution in [3.05, 3.63) is 9.81 Å². The van der Waals surface area contributed by atoms with E-state index in [9.17, 15) is 9.81 Å². The molecule has 0 bridgehead atoms. The first kappa shape index (κ1) is 9.36. The van der Waals surface area contributed by atoms with Crippen molar-refractivity contribution < 1.29 is 0 Å².